The molecule has 0 saturated heterocycles. The second-order valence-electron chi connectivity index (χ2n) is 2.77. The highest BCUT2D eigenvalue weighted by molar-refractivity contribution is 5.76. The van der Waals surface area contributed by atoms with Gasteiger partial charge >= 0.3 is 0 Å². The summed E-state index contributed by atoms with van der Waals surface area (Å²) in [5, 5.41) is 3.92. The summed E-state index contributed by atoms with van der Waals surface area (Å²) >= 11 is 0. The molecule has 0 spiro atoms. The third-order valence-corrected chi connectivity index (χ3v) is 1.61. The summed E-state index contributed by atoms with van der Waals surface area (Å²) in [5.74, 6) is -0.0972. The Bertz CT molecular complexity index is 281. The van der Waals surface area contributed by atoms with Gasteiger partial charge in [0.2, 0.25) is 5.91 Å². The smallest absolute Gasteiger partial charge is 0.222 e. The molecule has 1 aromatic heterocycles. The molecular formula is C7H12N4O. The van der Waals surface area contributed by atoms with Gasteiger partial charge in [-0.1, -0.05) is 6.92 Å². The molecule has 0 bridgehead atoms. The number of anilines is 1. The molecule has 1 rings (SSSR count). The van der Waals surface area contributed by atoms with Crippen LogP contribution in [0.5, 0.6) is 0 Å². The number of nitrogen functional groups attached to an aromatic ring is 1. The van der Waals surface area contributed by atoms with E-state index in [-0.39, 0.29) is 11.8 Å². The summed E-state index contributed by atoms with van der Waals surface area (Å²) in [5.41, 5.74) is 10.5. The van der Waals surface area contributed by atoms with E-state index in [1.807, 2.05) is 0 Å². The van der Waals surface area contributed by atoms with Crippen LogP contribution in [0.1, 0.15) is 6.92 Å². The van der Waals surface area contributed by atoms with Crippen molar-refractivity contribution in [2.45, 2.75) is 13.5 Å². The highest BCUT2D eigenvalue weighted by Gasteiger charge is 2.09. The molecule has 0 aliphatic carbocycles. The first-order valence-electron chi connectivity index (χ1n) is 3.68. The first-order chi connectivity index (χ1) is 5.59. The van der Waals surface area contributed by atoms with Crippen molar-refractivity contribution in [2.24, 2.45) is 11.7 Å². The standard InChI is InChI=1S/C7H12N4O/c1-5(7(9)12)4-11-3-2-6(8)10-11/h2-3,5H,4H2,1H3,(H2,8,10)(H2,9,12). The minimum atomic E-state index is -0.330. The Labute approximate surface area is 70.3 Å². The van der Waals surface area contributed by atoms with Crippen molar-refractivity contribution in [2.75, 3.05) is 5.73 Å². The Hall–Kier alpha value is -1.52. The second kappa shape index (κ2) is 3.25. The van der Waals surface area contributed by atoms with Crippen LogP contribution >= 0.6 is 0 Å². The topological polar surface area (TPSA) is 86.9 Å². The Kier molecular flexibility index (Phi) is 2.32. The van der Waals surface area contributed by atoms with Crippen molar-refractivity contribution in [3.05, 3.63) is 12.3 Å². The van der Waals surface area contributed by atoms with Crippen LogP contribution in [0, 0.1) is 5.92 Å². The first-order valence-corrected chi connectivity index (χ1v) is 3.68. The van der Waals surface area contributed by atoms with Gasteiger partial charge in [0.25, 0.3) is 0 Å². The molecule has 1 unspecified atom stereocenters. The summed E-state index contributed by atoms with van der Waals surface area (Å²) in [7, 11) is 0. The lowest BCUT2D eigenvalue weighted by molar-refractivity contribution is -0.121. The van der Waals surface area contributed by atoms with E-state index in [9.17, 15) is 4.79 Å². The van der Waals surface area contributed by atoms with Gasteiger partial charge in [0, 0.05) is 6.20 Å². The maximum absolute atomic E-state index is 10.7. The molecule has 1 atom stereocenters. The van der Waals surface area contributed by atoms with Crippen LogP contribution < -0.4 is 11.5 Å². The van der Waals surface area contributed by atoms with Gasteiger partial charge in [0.15, 0.2) is 0 Å². The fourth-order valence-corrected chi connectivity index (χ4v) is 0.850. The van der Waals surface area contributed by atoms with Gasteiger partial charge in [-0.25, -0.2) is 0 Å². The normalized spacial score (nSPS) is 12.8. The van der Waals surface area contributed by atoms with Gasteiger partial charge in [0.05, 0.1) is 12.5 Å². The average molecular weight is 168 g/mol. The van der Waals surface area contributed by atoms with Crippen molar-refractivity contribution < 1.29 is 4.79 Å². The number of hydrogen-bond donors (Lipinski definition) is 2. The lowest BCUT2D eigenvalue weighted by atomic mass is 10.2. The zero-order valence-corrected chi connectivity index (χ0v) is 6.90. The molecule has 1 amide bonds. The fraction of sp³-hybridized carbons (Fsp3) is 0.429. The van der Waals surface area contributed by atoms with E-state index in [4.69, 9.17) is 11.5 Å². The van der Waals surface area contributed by atoms with E-state index in [0.29, 0.717) is 12.4 Å². The van der Waals surface area contributed by atoms with Crippen molar-refractivity contribution in [1.82, 2.24) is 9.78 Å². The average Bonchev–Trinajstić information content (AvgIpc) is 2.35. The molecule has 0 aliphatic rings. The Morgan fingerprint density at radius 1 is 1.83 bits per heavy atom. The second-order valence-corrected chi connectivity index (χ2v) is 2.77. The van der Waals surface area contributed by atoms with Crippen molar-refractivity contribution in [1.29, 1.82) is 0 Å². The molecule has 0 radical (unpaired) electrons. The molecule has 12 heavy (non-hydrogen) atoms. The van der Waals surface area contributed by atoms with E-state index in [0.717, 1.165) is 0 Å². The largest absolute Gasteiger partial charge is 0.382 e. The molecule has 66 valence electrons. The number of nitrogens with zero attached hydrogens (tertiary/aromatic N) is 2. The maximum Gasteiger partial charge on any atom is 0.222 e. The number of hydrogen-bond acceptors (Lipinski definition) is 3. The Morgan fingerprint density at radius 3 is 2.92 bits per heavy atom. The quantitative estimate of drug-likeness (QED) is 0.643. The lowest BCUT2D eigenvalue weighted by Crippen LogP contribution is -2.24. The molecule has 5 heteroatoms. The van der Waals surface area contributed by atoms with E-state index in [1.165, 1.54) is 0 Å². The lowest BCUT2D eigenvalue weighted by Gasteiger charge is -2.05. The molecule has 0 saturated carbocycles. The highest BCUT2D eigenvalue weighted by Crippen LogP contribution is 2.01. The van der Waals surface area contributed by atoms with Crippen molar-refractivity contribution in [3.63, 3.8) is 0 Å². The zero-order valence-electron chi connectivity index (χ0n) is 6.90. The van der Waals surface area contributed by atoms with Crippen LogP contribution in [-0.4, -0.2) is 15.7 Å². The molecule has 0 aliphatic heterocycles. The van der Waals surface area contributed by atoms with Gasteiger partial charge < -0.3 is 11.5 Å². The third-order valence-electron chi connectivity index (χ3n) is 1.61. The number of rotatable bonds is 3. The van der Waals surface area contributed by atoms with E-state index >= 15 is 0 Å². The molecule has 5 nitrogen and oxygen atoms in total. The number of carbonyl (C=O) groups is 1. The van der Waals surface area contributed by atoms with Crippen LogP contribution in [-0.2, 0) is 11.3 Å². The SMILES string of the molecule is CC(Cn1ccc(N)n1)C(N)=O. The predicted octanol–water partition coefficient (Wildman–Crippen LogP) is -0.413. The summed E-state index contributed by atoms with van der Waals surface area (Å²) in [6.07, 6.45) is 1.72. The van der Waals surface area contributed by atoms with E-state index in [2.05, 4.69) is 5.10 Å². The number of amides is 1. The molecule has 1 heterocycles. The minimum Gasteiger partial charge on any atom is -0.382 e. The fourth-order valence-electron chi connectivity index (χ4n) is 0.850. The van der Waals surface area contributed by atoms with Gasteiger partial charge in [0.1, 0.15) is 5.82 Å². The Morgan fingerprint density at radius 2 is 2.50 bits per heavy atom. The van der Waals surface area contributed by atoms with Crippen molar-refractivity contribution in [3.8, 4) is 0 Å². The van der Waals surface area contributed by atoms with E-state index in [1.54, 1.807) is 23.9 Å². The van der Waals surface area contributed by atoms with Crippen LogP contribution in [0.15, 0.2) is 12.3 Å². The summed E-state index contributed by atoms with van der Waals surface area (Å²) in [6, 6.07) is 1.67. The molecule has 0 aromatic carbocycles. The van der Waals surface area contributed by atoms with E-state index < -0.39 is 0 Å². The van der Waals surface area contributed by atoms with Gasteiger partial charge in [-0.3, -0.25) is 9.48 Å². The van der Waals surface area contributed by atoms with Crippen LogP contribution in [0.3, 0.4) is 0 Å². The minimum absolute atomic E-state index is 0.218. The van der Waals surface area contributed by atoms with Gasteiger partial charge in [-0.15, -0.1) is 0 Å². The van der Waals surface area contributed by atoms with Crippen LogP contribution in [0.4, 0.5) is 5.82 Å². The number of primary amides is 1. The Balaban J connectivity index is 2.58. The summed E-state index contributed by atoms with van der Waals surface area (Å²) < 4.78 is 1.60. The van der Waals surface area contributed by atoms with Gasteiger partial charge in [-0.2, -0.15) is 5.10 Å². The molecule has 1 aromatic rings. The monoisotopic (exact) mass is 168 g/mol. The predicted molar refractivity (Wildman–Crippen MR) is 45.0 cm³/mol. The zero-order chi connectivity index (χ0) is 9.14. The highest BCUT2D eigenvalue weighted by atomic mass is 16.1. The first kappa shape index (κ1) is 8.58. The van der Waals surface area contributed by atoms with Crippen molar-refractivity contribution >= 4 is 11.7 Å². The number of aromatic nitrogens is 2. The molecule has 0 fully saturated rings. The molecule has 4 N–H and O–H groups in total. The summed E-state index contributed by atoms with van der Waals surface area (Å²) in [4.78, 5) is 10.7. The van der Waals surface area contributed by atoms with Crippen LogP contribution in [0.2, 0.25) is 0 Å². The number of nitrogens with two attached hydrogens (primary N) is 2. The maximum atomic E-state index is 10.7. The number of carbonyl (C=O) groups excluding carboxylic acids is 1. The summed E-state index contributed by atoms with van der Waals surface area (Å²) in [6.45, 7) is 2.23. The molecular weight excluding hydrogens is 156 g/mol. The van der Waals surface area contributed by atoms with Crippen LogP contribution in [0.25, 0.3) is 0 Å². The third kappa shape index (κ3) is 1.98. The van der Waals surface area contributed by atoms with Gasteiger partial charge in [-0.05, 0) is 6.07 Å².